The van der Waals surface area contributed by atoms with Crippen LogP contribution in [-0.2, 0) is 4.79 Å². The molecule has 0 spiro atoms. The van der Waals surface area contributed by atoms with Crippen molar-refractivity contribution in [1.82, 2.24) is 0 Å². The van der Waals surface area contributed by atoms with E-state index in [0.717, 1.165) is 5.57 Å². The first-order valence-corrected chi connectivity index (χ1v) is 3.65. The topological polar surface area (TPSA) is 37.3 Å². The Morgan fingerprint density at radius 3 is 2.18 bits per heavy atom. The molecule has 0 heterocycles. The lowest BCUT2D eigenvalue weighted by Gasteiger charge is -1.93. The number of hydrogen-bond acceptors (Lipinski definition) is 1. The quantitative estimate of drug-likeness (QED) is 0.500. The Bertz CT molecular complexity index is 196. The van der Waals surface area contributed by atoms with Crippen LogP contribution >= 0.6 is 0 Å². The van der Waals surface area contributed by atoms with Crippen LogP contribution < -0.4 is 0 Å². The van der Waals surface area contributed by atoms with Crippen LogP contribution in [0.2, 0.25) is 0 Å². The zero-order valence-corrected chi connectivity index (χ0v) is 7.22. The van der Waals surface area contributed by atoms with Crippen LogP contribution in [0.3, 0.4) is 0 Å². The van der Waals surface area contributed by atoms with E-state index in [2.05, 4.69) is 0 Å². The molecule has 0 aromatic carbocycles. The number of carbonyl (C=O) groups is 1. The van der Waals surface area contributed by atoms with E-state index >= 15 is 0 Å². The highest BCUT2D eigenvalue weighted by atomic mass is 16.4. The SMILES string of the molecule is CCC(=CC=C(C)C)C(=O)O. The first-order valence-electron chi connectivity index (χ1n) is 3.65. The smallest absolute Gasteiger partial charge is 0.331 e. The Morgan fingerprint density at radius 2 is 1.91 bits per heavy atom. The first kappa shape index (κ1) is 9.95. The van der Waals surface area contributed by atoms with Crippen LogP contribution in [0, 0.1) is 0 Å². The van der Waals surface area contributed by atoms with Gasteiger partial charge in [0.1, 0.15) is 0 Å². The van der Waals surface area contributed by atoms with Crippen molar-refractivity contribution in [1.29, 1.82) is 0 Å². The van der Waals surface area contributed by atoms with Gasteiger partial charge in [-0.1, -0.05) is 24.6 Å². The second-order valence-corrected chi connectivity index (χ2v) is 2.59. The molecule has 62 valence electrons. The van der Waals surface area contributed by atoms with Gasteiger partial charge < -0.3 is 5.11 Å². The van der Waals surface area contributed by atoms with E-state index in [1.807, 2.05) is 26.8 Å². The van der Waals surface area contributed by atoms with Crippen molar-refractivity contribution in [3.05, 3.63) is 23.3 Å². The van der Waals surface area contributed by atoms with E-state index in [4.69, 9.17) is 5.11 Å². The zero-order chi connectivity index (χ0) is 8.85. The van der Waals surface area contributed by atoms with Crippen LogP contribution in [0.1, 0.15) is 27.2 Å². The maximum atomic E-state index is 10.4. The summed E-state index contributed by atoms with van der Waals surface area (Å²) in [6, 6.07) is 0. The van der Waals surface area contributed by atoms with Gasteiger partial charge in [0.15, 0.2) is 0 Å². The minimum atomic E-state index is -0.829. The van der Waals surface area contributed by atoms with Crippen molar-refractivity contribution in [3.8, 4) is 0 Å². The minimum absolute atomic E-state index is 0.450. The summed E-state index contributed by atoms with van der Waals surface area (Å²) in [7, 11) is 0. The highest BCUT2D eigenvalue weighted by Crippen LogP contribution is 2.02. The summed E-state index contributed by atoms with van der Waals surface area (Å²) in [5.74, 6) is -0.829. The summed E-state index contributed by atoms with van der Waals surface area (Å²) < 4.78 is 0. The summed E-state index contributed by atoms with van der Waals surface area (Å²) in [5.41, 5.74) is 1.56. The molecule has 0 aliphatic heterocycles. The fourth-order valence-corrected chi connectivity index (χ4v) is 0.608. The number of aliphatic carboxylic acids is 1. The molecule has 0 saturated heterocycles. The Hall–Kier alpha value is -1.05. The third-order valence-electron chi connectivity index (χ3n) is 1.27. The van der Waals surface area contributed by atoms with Crippen molar-refractivity contribution in [2.45, 2.75) is 27.2 Å². The second kappa shape index (κ2) is 4.72. The van der Waals surface area contributed by atoms with Gasteiger partial charge in [-0.3, -0.25) is 0 Å². The molecule has 0 bridgehead atoms. The summed E-state index contributed by atoms with van der Waals surface area (Å²) in [6.45, 7) is 5.70. The van der Waals surface area contributed by atoms with Gasteiger partial charge >= 0.3 is 5.97 Å². The third kappa shape index (κ3) is 4.37. The average Bonchev–Trinajstić information content (AvgIpc) is 1.87. The van der Waals surface area contributed by atoms with Gasteiger partial charge in [0.2, 0.25) is 0 Å². The van der Waals surface area contributed by atoms with Crippen molar-refractivity contribution >= 4 is 5.97 Å². The molecule has 0 radical (unpaired) electrons. The molecule has 0 amide bonds. The van der Waals surface area contributed by atoms with E-state index in [1.165, 1.54) is 0 Å². The van der Waals surface area contributed by atoms with Gasteiger partial charge in [-0.15, -0.1) is 0 Å². The maximum absolute atomic E-state index is 10.4. The van der Waals surface area contributed by atoms with E-state index < -0.39 is 5.97 Å². The molecular weight excluding hydrogens is 140 g/mol. The molecule has 0 rings (SSSR count). The molecule has 0 aliphatic rings. The van der Waals surface area contributed by atoms with Gasteiger partial charge in [0.25, 0.3) is 0 Å². The fourth-order valence-electron chi connectivity index (χ4n) is 0.608. The predicted molar refractivity (Wildman–Crippen MR) is 45.4 cm³/mol. The predicted octanol–water partition coefficient (Wildman–Crippen LogP) is 2.37. The highest BCUT2D eigenvalue weighted by Gasteiger charge is 2.00. The van der Waals surface area contributed by atoms with Crippen LogP contribution in [-0.4, -0.2) is 11.1 Å². The summed E-state index contributed by atoms with van der Waals surface area (Å²) >= 11 is 0. The van der Waals surface area contributed by atoms with Crippen LogP contribution in [0.5, 0.6) is 0 Å². The maximum Gasteiger partial charge on any atom is 0.331 e. The molecule has 2 heteroatoms. The third-order valence-corrected chi connectivity index (χ3v) is 1.27. The van der Waals surface area contributed by atoms with Crippen molar-refractivity contribution in [2.24, 2.45) is 0 Å². The minimum Gasteiger partial charge on any atom is -0.478 e. The number of hydrogen-bond donors (Lipinski definition) is 1. The van der Waals surface area contributed by atoms with E-state index in [9.17, 15) is 4.79 Å². The lowest BCUT2D eigenvalue weighted by atomic mass is 10.2. The fraction of sp³-hybridized carbons (Fsp3) is 0.444. The lowest BCUT2D eigenvalue weighted by Crippen LogP contribution is -1.98. The number of carboxylic acids is 1. The van der Waals surface area contributed by atoms with Gasteiger partial charge in [-0.2, -0.15) is 0 Å². The first-order chi connectivity index (χ1) is 5.07. The second-order valence-electron chi connectivity index (χ2n) is 2.59. The van der Waals surface area contributed by atoms with Crippen molar-refractivity contribution < 1.29 is 9.90 Å². The molecule has 0 unspecified atom stereocenters. The Morgan fingerprint density at radius 1 is 1.36 bits per heavy atom. The molecule has 0 atom stereocenters. The Kier molecular flexibility index (Phi) is 4.27. The Balaban J connectivity index is 4.37. The van der Waals surface area contributed by atoms with Gasteiger partial charge in [0.05, 0.1) is 0 Å². The van der Waals surface area contributed by atoms with E-state index in [-0.39, 0.29) is 0 Å². The van der Waals surface area contributed by atoms with Gasteiger partial charge in [-0.05, 0) is 20.3 Å². The van der Waals surface area contributed by atoms with Crippen LogP contribution in [0.25, 0.3) is 0 Å². The summed E-state index contributed by atoms with van der Waals surface area (Å²) in [4.78, 5) is 10.4. The molecule has 0 fully saturated rings. The van der Waals surface area contributed by atoms with Crippen LogP contribution in [0.4, 0.5) is 0 Å². The van der Waals surface area contributed by atoms with E-state index in [0.29, 0.717) is 12.0 Å². The monoisotopic (exact) mass is 154 g/mol. The highest BCUT2D eigenvalue weighted by molar-refractivity contribution is 5.86. The standard InChI is InChI=1S/C9H14O2/c1-4-8(9(10)11)6-5-7(2)3/h5-6H,4H2,1-3H3,(H,10,11). The summed E-state index contributed by atoms with van der Waals surface area (Å²) in [5, 5.41) is 8.59. The number of allylic oxidation sites excluding steroid dienone is 3. The summed E-state index contributed by atoms with van der Waals surface area (Å²) in [6.07, 6.45) is 4.03. The van der Waals surface area contributed by atoms with Crippen molar-refractivity contribution in [2.75, 3.05) is 0 Å². The Labute approximate surface area is 67.2 Å². The zero-order valence-electron chi connectivity index (χ0n) is 7.22. The molecular formula is C9H14O2. The number of rotatable bonds is 3. The van der Waals surface area contributed by atoms with Gasteiger partial charge in [-0.25, -0.2) is 4.79 Å². The molecule has 0 aromatic rings. The van der Waals surface area contributed by atoms with E-state index in [1.54, 1.807) is 6.08 Å². The normalized spacial score (nSPS) is 11.0. The molecule has 11 heavy (non-hydrogen) atoms. The molecule has 0 aliphatic carbocycles. The number of carboxylic acid groups (broad SMARTS) is 1. The lowest BCUT2D eigenvalue weighted by molar-refractivity contribution is -0.132. The molecule has 2 nitrogen and oxygen atoms in total. The molecule has 0 saturated carbocycles. The largest absolute Gasteiger partial charge is 0.478 e. The molecule has 1 N–H and O–H groups in total. The van der Waals surface area contributed by atoms with Crippen LogP contribution in [0.15, 0.2) is 23.3 Å². The van der Waals surface area contributed by atoms with Crippen molar-refractivity contribution in [3.63, 3.8) is 0 Å². The molecule has 0 aromatic heterocycles. The average molecular weight is 154 g/mol. The van der Waals surface area contributed by atoms with Gasteiger partial charge in [0, 0.05) is 5.57 Å².